The Morgan fingerprint density at radius 3 is 2.23 bits per heavy atom. The first-order valence-corrected chi connectivity index (χ1v) is 4.98. The minimum absolute atomic E-state index is 0.278. The van der Waals surface area contributed by atoms with E-state index in [2.05, 4.69) is 0 Å². The average Bonchev–Trinajstić information content (AvgIpc) is 2.03. The summed E-state index contributed by atoms with van der Waals surface area (Å²) in [5, 5.41) is 0. The second-order valence-electron chi connectivity index (χ2n) is 4.41. The van der Waals surface area contributed by atoms with E-state index in [0.29, 0.717) is 18.8 Å². The lowest BCUT2D eigenvalue weighted by atomic mass is 9.76. The van der Waals surface area contributed by atoms with Crippen LogP contribution in [0, 0.1) is 17.8 Å². The van der Waals surface area contributed by atoms with Crippen LogP contribution in [0.5, 0.6) is 0 Å². The minimum atomic E-state index is -3.96. The molecule has 0 aliphatic heterocycles. The van der Waals surface area contributed by atoms with Crippen molar-refractivity contribution in [2.24, 2.45) is 17.8 Å². The van der Waals surface area contributed by atoms with Crippen LogP contribution in [0.4, 0.5) is 13.2 Å². The van der Waals surface area contributed by atoms with Crippen LogP contribution in [0.1, 0.15) is 39.5 Å². The van der Waals surface area contributed by atoms with Gasteiger partial charge in [0.05, 0.1) is 5.92 Å². The second-order valence-corrected chi connectivity index (χ2v) is 4.41. The van der Waals surface area contributed by atoms with Crippen molar-refractivity contribution in [1.82, 2.24) is 0 Å². The standard InChI is InChI=1S/C10H17F3/c1-7(2)8-4-3-5-9(6-8)10(11,12)13/h7-9H,3-6H2,1-2H3/t8-,9?/m0/s1. The van der Waals surface area contributed by atoms with Crippen molar-refractivity contribution in [3.8, 4) is 0 Å². The van der Waals surface area contributed by atoms with Gasteiger partial charge in [-0.1, -0.05) is 26.7 Å². The average molecular weight is 194 g/mol. The zero-order valence-corrected chi connectivity index (χ0v) is 8.19. The summed E-state index contributed by atoms with van der Waals surface area (Å²) in [5.74, 6) is -0.362. The predicted molar refractivity (Wildman–Crippen MR) is 46.3 cm³/mol. The normalized spacial score (nSPS) is 30.9. The first-order valence-electron chi connectivity index (χ1n) is 4.98. The summed E-state index contributed by atoms with van der Waals surface area (Å²) in [6, 6.07) is 0. The van der Waals surface area contributed by atoms with Crippen molar-refractivity contribution in [1.29, 1.82) is 0 Å². The maximum atomic E-state index is 12.4. The van der Waals surface area contributed by atoms with Gasteiger partial charge in [-0.25, -0.2) is 0 Å². The largest absolute Gasteiger partial charge is 0.391 e. The fourth-order valence-electron chi connectivity index (χ4n) is 2.13. The molecule has 13 heavy (non-hydrogen) atoms. The summed E-state index contributed by atoms with van der Waals surface area (Å²) in [7, 11) is 0. The first kappa shape index (κ1) is 10.9. The molecule has 0 heterocycles. The lowest BCUT2D eigenvalue weighted by Gasteiger charge is -2.32. The summed E-state index contributed by atoms with van der Waals surface area (Å²) in [4.78, 5) is 0. The van der Waals surface area contributed by atoms with E-state index in [0.717, 1.165) is 12.8 Å². The molecular weight excluding hydrogens is 177 g/mol. The number of alkyl halides is 3. The van der Waals surface area contributed by atoms with Crippen LogP contribution in [0.15, 0.2) is 0 Å². The third kappa shape index (κ3) is 2.89. The monoisotopic (exact) mass is 194 g/mol. The van der Waals surface area contributed by atoms with E-state index < -0.39 is 12.1 Å². The second kappa shape index (κ2) is 3.89. The molecule has 78 valence electrons. The highest BCUT2D eigenvalue weighted by Crippen LogP contribution is 2.41. The molecule has 2 atom stereocenters. The molecule has 0 amide bonds. The summed E-state index contributed by atoms with van der Waals surface area (Å²) in [5.41, 5.74) is 0. The summed E-state index contributed by atoms with van der Waals surface area (Å²) < 4.78 is 37.1. The third-order valence-electron chi connectivity index (χ3n) is 3.12. The van der Waals surface area contributed by atoms with Crippen molar-refractivity contribution < 1.29 is 13.2 Å². The smallest absolute Gasteiger partial charge is 0.171 e. The Bertz CT molecular complexity index is 160. The topological polar surface area (TPSA) is 0 Å². The van der Waals surface area contributed by atoms with Gasteiger partial charge in [-0.2, -0.15) is 13.2 Å². The van der Waals surface area contributed by atoms with Gasteiger partial charge in [-0.15, -0.1) is 0 Å². The van der Waals surface area contributed by atoms with Gasteiger partial charge in [-0.05, 0) is 24.7 Å². The molecule has 1 saturated carbocycles. The molecule has 0 radical (unpaired) electrons. The van der Waals surface area contributed by atoms with Crippen molar-refractivity contribution in [2.45, 2.75) is 45.7 Å². The molecule has 1 rings (SSSR count). The molecule has 1 aliphatic rings. The fraction of sp³-hybridized carbons (Fsp3) is 1.00. The van der Waals surface area contributed by atoms with Gasteiger partial charge in [-0.3, -0.25) is 0 Å². The Morgan fingerprint density at radius 2 is 1.77 bits per heavy atom. The highest BCUT2D eigenvalue weighted by molar-refractivity contribution is 4.79. The van der Waals surface area contributed by atoms with Gasteiger partial charge in [0.15, 0.2) is 0 Å². The maximum absolute atomic E-state index is 12.4. The Labute approximate surface area is 77.5 Å². The molecule has 0 spiro atoms. The van der Waals surface area contributed by atoms with Gasteiger partial charge in [0, 0.05) is 0 Å². The van der Waals surface area contributed by atoms with Crippen LogP contribution >= 0.6 is 0 Å². The van der Waals surface area contributed by atoms with Crippen molar-refractivity contribution in [3.63, 3.8) is 0 Å². The number of rotatable bonds is 1. The highest BCUT2D eigenvalue weighted by Gasteiger charge is 2.42. The van der Waals surface area contributed by atoms with Crippen LogP contribution in [-0.4, -0.2) is 6.18 Å². The van der Waals surface area contributed by atoms with E-state index in [1.54, 1.807) is 0 Å². The Balaban J connectivity index is 2.52. The molecule has 0 saturated heterocycles. The van der Waals surface area contributed by atoms with Crippen LogP contribution in [0.2, 0.25) is 0 Å². The molecule has 3 heteroatoms. The van der Waals surface area contributed by atoms with Gasteiger partial charge >= 0.3 is 6.18 Å². The molecule has 1 aliphatic carbocycles. The quantitative estimate of drug-likeness (QED) is 0.591. The van der Waals surface area contributed by atoms with Gasteiger partial charge in [0.2, 0.25) is 0 Å². The Hall–Kier alpha value is -0.210. The van der Waals surface area contributed by atoms with Crippen LogP contribution in [0.25, 0.3) is 0 Å². The van der Waals surface area contributed by atoms with E-state index >= 15 is 0 Å². The molecule has 0 nitrogen and oxygen atoms in total. The van der Waals surface area contributed by atoms with E-state index in [9.17, 15) is 13.2 Å². The van der Waals surface area contributed by atoms with Crippen LogP contribution in [0.3, 0.4) is 0 Å². The van der Waals surface area contributed by atoms with Gasteiger partial charge in [0.1, 0.15) is 0 Å². The van der Waals surface area contributed by atoms with E-state index in [1.807, 2.05) is 13.8 Å². The van der Waals surface area contributed by atoms with Crippen molar-refractivity contribution >= 4 is 0 Å². The van der Waals surface area contributed by atoms with E-state index in [-0.39, 0.29) is 5.92 Å². The fourth-order valence-corrected chi connectivity index (χ4v) is 2.13. The summed E-state index contributed by atoms with van der Waals surface area (Å²) >= 11 is 0. The lowest BCUT2D eigenvalue weighted by molar-refractivity contribution is -0.186. The van der Waals surface area contributed by atoms with E-state index in [4.69, 9.17) is 0 Å². The van der Waals surface area contributed by atoms with Crippen LogP contribution < -0.4 is 0 Å². The number of hydrogen-bond donors (Lipinski definition) is 0. The number of halogens is 3. The molecule has 0 aromatic rings. The molecule has 0 bridgehead atoms. The zero-order valence-electron chi connectivity index (χ0n) is 8.19. The van der Waals surface area contributed by atoms with Gasteiger partial charge in [0.25, 0.3) is 0 Å². The summed E-state index contributed by atoms with van der Waals surface area (Å²) in [6.45, 7) is 4.03. The zero-order chi connectivity index (χ0) is 10.1. The highest BCUT2D eigenvalue weighted by atomic mass is 19.4. The molecule has 1 unspecified atom stereocenters. The number of hydrogen-bond acceptors (Lipinski definition) is 0. The van der Waals surface area contributed by atoms with Gasteiger partial charge < -0.3 is 0 Å². The Morgan fingerprint density at radius 1 is 1.15 bits per heavy atom. The SMILES string of the molecule is CC(C)[C@H]1CCCC(C(F)(F)F)C1. The molecule has 1 fully saturated rings. The minimum Gasteiger partial charge on any atom is -0.171 e. The third-order valence-corrected chi connectivity index (χ3v) is 3.12. The first-order chi connectivity index (χ1) is 5.91. The summed E-state index contributed by atoms with van der Waals surface area (Å²) in [6.07, 6.45) is -1.56. The van der Waals surface area contributed by atoms with E-state index in [1.165, 1.54) is 0 Å². The van der Waals surface area contributed by atoms with Crippen molar-refractivity contribution in [3.05, 3.63) is 0 Å². The maximum Gasteiger partial charge on any atom is 0.391 e. The molecular formula is C10H17F3. The van der Waals surface area contributed by atoms with Crippen LogP contribution in [-0.2, 0) is 0 Å². The molecule has 0 N–H and O–H groups in total. The Kier molecular flexibility index (Phi) is 3.25. The predicted octanol–water partition coefficient (Wildman–Crippen LogP) is 4.01. The molecule has 0 aromatic heterocycles. The molecule has 0 aromatic carbocycles. The lowest BCUT2D eigenvalue weighted by Crippen LogP contribution is -2.30. The van der Waals surface area contributed by atoms with Crippen molar-refractivity contribution in [2.75, 3.05) is 0 Å².